The number of anilines is 1. The van der Waals surface area contributed by atoms with Gasteiger partial charge in [-0.2, -0.15) is 0 Å². The Kier molecular flexibility index (Phi) is 4.99. The Hall–Kier alpha value is -2.81. The van der Waals surface area contributed by atoms with Gasteiger partial charge in [-0.15, -0.1) is 0 Å². The molecule has 3 nitrogen and oxygen atoms in total. The molecule has 2 aromatic carbocycles. The Labute approximate surface area is 156 Å². The van der Waals surface area contributed by atoms with Gasteiger partial charge in [0, 0.05) is 41.6 Å². The second-order valence-electron chi connectivity index (χ2n) is 7.00. The SMILES string of the molecule is C=CN(C(=N)c1ccc(C(C)C)cc1CC)c1ccc2c(ccn2C)c1. The molecule has 3 rings (SSSR count). The van der Waals surface area contributed by atoms with Gasteiger partial charge in [0.1, 0.15) is 5.84 Å². The van der Waals surface area contributed by atoms with Crippen LogP contribution in [0.3, 0.4) is 0 Å². The molecule has 0 atom stereocenters. The molecule has 0 radical (unpaired) electrons. The fourth-order valence-corrected chi connectivity index (χ4v) is 3.37. The van der Waals surface area contributed by atoms with Crippen LogP contribution in [0.5, 0.6) is 0 Å². The summed E-state index contributed by atoms with van der Waals surface area (Å²) in [5.74, 6) is 0.946. The zero-order valence-electron chi connectivity index (χ0n) is 16.1. The summed E-state index contributed by atoms with van der Waals surface area (Å²) in [5.41, 5.74) is 5.62. The summed E-state index contributed by atoms with van der Waals surface area (Å²) in [6, 6.07) is 14.8. The van der Waals surface area contributed by atoms with Crippen LogP contribution in [0, 0.1) is 5.41 Å². The van der Waals surface area contributed by atoms with Gasteiger partial charge in [-0.1, -0.05) is 45.5 Å². The van der Waals surface area contributed by atoms with E-state index >= 15 is 0 Å². The molecule has 0 aliphatic rings. The molecule has 1 aromatic heterocycles. The molecule has 1 heterocycles. The van der Waals surface area contributed by atoms with Crippen molar-refractivity contribution in [1.29, 1.82) is 5.41 Å². The average molecular weight is 345 g/mol. The van der Waals surface area contributed by atoms with Crippen LogP contribution in [-0.2, 0) is 13.5 Å². The lowest BCUT2D eigenvalue weighted by Crippen LogP contribution is -2.26. The van der Waals surface area contributed by atoms with Crippen LogP contribution < -0.4 is 4.90 Å². The molecule has 26 heavy (non-hydrogen) atoms. The Balaban J connectivity index is 2.01. The van der Waals surface area contributed by atoms with Crippen molar-refractivity contribution in [1.82, 2.24) is 4.57 Å². The maximum absolute atomic E-state index is 8.81. The van der Waals surface area contributed by atoms with Crippen molar-refractivity contribution in [2.45, 2.75) is 33.1 Å². The first kappa shape index (κ1) is 18.0. The van der Waals surface area contributed by atoms with Gasteiger partial charge in [0.05, 0.1) is 0 Å². The van der Waals surface area contributed by atoms with E-state index < -0.39 is 0 Å². The summed E-state index contributed by atoms with van der Waals surface area (Å²) in [4.78, 5) is 1.86. The van der Waals surface area contributed by atoms with Crippen LogP contribution in [0.1, 0.15) is 43.4 Å². The van der Waals surface area contributed by atoms with Crippen LogP contribution in [0.15, 0.2) is 61.4 Å². The first-order chi connectivity index (χ1) is 12.5. The van der Waals surface area contributed by atoms with E-state index in [0.29, 0.717) is 11.8 Å². The van der Waals surface area contributed by atoms with E-state index in [4.69, 9.17) is 5.41 Å². The largest absolute Gasteiger partial charge is 0.351 e. The molecule has 0 spiro atoms. The monoisotopic (exact) mass is 345 g/mol. The Bertz CT molecular complexity index is 963. The predicted molar refractivity (Wildman–Crippen MR) is 112 cm³/mol. The van der Waals surface area contributed by atoms with Crippen molar-refractivity contribution in [2.75, 3.05) is 4.90 Å². The molecule has 0 amide bonds. The molecule has 3 heteroatoms. The quantitative estimate of drug-likeness (QED) is 0.457. The topological polar surface area (TPSA) is 32.0 Å². The number of nitrogens with one attached hydrogen (secondary N) is 1. The van der Waals surface area contributed by atoms with Crippen molar-refractivity contribution in [3.8, 4) is 0 Å². The van der Waals surface area contributed by atoms with Gasteiger partial charge in [0.25, 0.3) is 0 Å². The second-order valence-corrected chi connectivity index (χ2v) is 7.00. The third kappa shape index (κ3) is 3.17. The summed E-state index contributed by atoms with van der Waals surface area (Å²) < 4.78 is 2.10. The summed E-state index contributed by atoms with van der Waals surface area (Å²) in [5, 5.41) is 9.97. The van der Waals surface area contributed by atoms with Crippen molar-refractivity contribution in [2.24, 2.45) is 7.05 Å². The fraction of sp³-hybridized carbons (Fsp3) is 0.261. The molecule has 1 N–H and O–H groups in total. The van der Waals surface area contributed by atoms with Crippen LogP contribution in [0.2, 0.25) is 0 Å². The van der Waals surface area contributed by atoms with Gasteiger partial charge in [-0.3, -0.25) is 5.41 Å². The van der Waals surface area contributed by atoms with Crippen LogP contribution in [-0.4, -0.2) is 10.4 Å². The van der Waals surface area contributed by atoms with E-state index in [2.05, 4.69) is 74.5 Å². The number of benzene rings is 2. The first-order valence-electron chi connectivity index (χ1n) is 9.14. The maximum Gasteiger partial charge on any atom is 0.136 e. The molecule has 3 aromatic rings. The highest BCUT2D eigenvalue weighted by Gasteiger charge is 2.16. The maximum atomic E-state index is 8.81. The van der Waals surface area contributed by atoms with E-state index in [1.54, 1.807) is 6.20 Å². The van der Waals surface area contributed by atoms with Crippen LogP contribution in [0.4, 0.5) is 5.69 Å². The van der Waals surface area contributed by atoms with Crippen molar-refractivity contribution in [3.05, 3.63) is 78.1 Å². The van der Waals surface area contributed by atoms with Gasteiger partial charge < -0.3 is 9.47 Å². The Morgan fingerprint density at radius 1 is 1.19 bits per heavy atom. The minimum absolute atomic E-state index is 0.461. The molecule has 0 aliphatic carbocycles. The second kappa shape index (κ2) is 7.20. The number of aryl methyl sites for hydroxylation is 2. The lowest BCUT2D eigenvalue weighted by molar-refractivity contribution is 0.862. The van der Waals surface area contributed by atoms with Gasteiger partial charge in [-0.25, -0.2) is 0 Å². The predicted octanol–water partition coefficient (Wildman–Crippen LogP) is 5.84. The number of hydrogen-bond donors (Lipinski definition) is 1. The fourth-order valence-electron chi connectivity index (χ4n) is 3.37. The minimum atomic E-state index is 0.461. The van der Waals surface area contributed by atoms with E-state index in [0.717, 1.165) is 23.1 Å². The molecular weight excluding hydrogens is 318 g/mol. The standard InChI is InChI=1S/C23H27N3/c1-6-17-14-18(16(3)4)8-10-21(17)23(24)26(7-2)20-9-11-22-19(15-20)12-13-25(22)5/h7-16,24H,2,6H2,1,3-5H3. The van der Waals surface area contributed by atoms with Crippen LogP contribution in [0.25, 0.3) is 10.9 Å². The van der Waals surface area contributed by atoms with E-state index in [1.165, 1.54) is 16.6 Å². The highest BCUT2D eigenvalue weighted by Crippen LogP contribution is 2.26. The van der Waals surface area contributed by atoms with Gasteiger partial charge in [0.2, 0.25) is 0 Å². The van der Waals surface area contributed by atoms with E-state index in [9.17, 15) is 0 Å². The van der Waals surface area contributed by atoms with Crippen molar-refractivity contribution in [3.63, 3.8) is 0 Å². The van der Waals surface area contributed by atoms with Crippen molar-refractivity contribution >= 4 is 22.4 Å². The van der Waals surface area contributed by atoms with Crippen molar-refractivity contribution < 1.29 is 0 Å². The summed E-state index contributed by atoms with van der Waals surface area (Å²) in [6.45, 7) is 10.5. The van der Waals surface area contributed by atoms with Gasteiger partial charge in [0.15, 0.2) is 0 Å². The number of nitrogens with zero attached hydrogens (tertiary/aromatic N) is 2. The zero-order chi connectivity index (χ0) is 18.8. The summed E-state index contributed by atoms with van der Waals surface area (Å²) in [6.07, 6.45) is 4.68. The molecule has 0 bridgehead atoms. The number of amidine groups is 1. The molecule has 0 saturated carbocycles. The summed E-state index contributed by atoms with van der Waals surface area (Å²) in [7, 11) is 2.04. The lowest BCUT2D eigenvalue weighted by Gasteiger charge is -2.23. The highest BCUT2D eigenvalue weighted by molar-refractivity contribution is 6.10. The molecule has 0 aliphatic heterocycles. The van der Waals surface area contributed by atoms with Gasteiger partial charge >= 0.3 is 0 Å². The molecule has 0 fully saturated rings. The Morgan fingerprint density at radius 2 is 1.96 bits per heavy atom. The normalized spacial score (nSPS) is 11.1. The third-order valence-electron chi connectivity index (χ3n) is 5.00. The van der Waals surface area contributed by atoms with Crippen LogP contribution >= 0.6 is 0 Å². The first-order valence-corrected chi connectivity index (χ1v) is 9.14. The molecule has 134 valence electrons. The summed E-state index contributed by atoms with van der Waals surface area (Å²) >= 11 is 0. The van der Waals surface area contributed by atoms with Gasteiger partial charge in [-0.05, 0) is 47.7 Å². The third-order valence-corrected chi connectivity index (χ3v) is 5.00. The number of fused-ring (bicyclic) bond motifs is 1. The number of aromatic nitrogens is 1. The van der Waals surface area contributed by atoms with E-state index in [1.807, 2.05) is 18.0 Å². The Morgan fingerprint density at radius 3 is 2.62 bits per heavy atom. The molecular formula is C23H27N3. The zero-order valence-corrected chi connectivity index (χ0v) is 16.1. The lowest BCUT2D eigenvalue weighted by atomic mass is 9.95. The highest BCUT2D eigenvalue weighted by atomic mass is 15.2. The molecule has 0 saturated heterocycles. The number of rotatable bonds is 5. The van der Waals surface area contributed by atoms with E-state index in [-0.39, 0.29) is 0 Å². The smallest absolute Gasteiger partial charge is 0.136 e. The average Bonchev–Trinajstić information content (AvgIpc) is 3.02. The molecule has 0 unspecified atom stereocenters. The number of hydrogen-bond acceptors (Lipinski definition) is 1. The minimum Gasteiger partial charge on any atom is -0.351 e.